The van der Waals surface area contributed by atoms with Crippen LogP contribution in [0.1, 0.15) is 0 Å². The summed E-state index contributed by atoms with van der Waals surface area (Å²) in [6.07, 6.45) is 0. The predicted molar refractivity (Wildman–Crippen MR) is 277 cm³/mol. The van der Waals surface area contributed by atoms with Crippen LogP contribution in [-0.2, 0) is 0 Å². The van der Waals surface area contributed by atoms with Crippen molar-refractivity contribution < 1.29 is 0 Å². The minimum absolute atomic E-state index is 0.659. The van der Waals surface area contributed by atoms with Gasteiger partial charge >= 0.3 is 0 Å². The number of pyridine rings is 1. The Morgan fingerprint density at radius 3 is 1.27 bits per heavy atom. The minimum Gasteiger partial charge on any atom is -0.231 e. The SMILES string of the molecule is c1ccc(-c2cc(-c3ccccc3)cc(-c3nc(-c4ccccc4)cc(-c4cccc(-c5c(-c6ccccc6)n6nc(-c7ccccc7)c(-c7ccccc7)c6c6ccccc56)c4)n3)c2)cc1. The van der Waals surface area contributed by atoms with Crippen molar-refractivity contribution in [2.45, 2.75) is 0 Å². The predicted octanol–water partition coefficient (Wildman–Crippen LogP) is 16.3. The van der Waals surface area contributed by atoms with Crippen LogP contribution in [0.2, 0.25) is 0 Å². The Morgan fingerprint density at radius 2 is 0.687 bits per heavy atom. The maximum absolute atomic E-state index is 5.60. The van der Waals surface area contributed by atoms with Gasteiger partial charge in [-0.05, 0) is 69.1 Å². The van der Waals surface area contributed by atoms with Crippen molar-refractivity contribution >= 4 is 16.3 Å². The van der Waals surface area contributed by atoms with Crippen LogP contribution in [0.3, 0.4) is 0 Å². The normalized spacial score (nSPS) is 11.3. The maximum Gasteiger partial charge on any atom is 0.160 e. The second-order valence-corrected chi connectivity index (χ2v) is 16.8. The largest absolute Gasteiger partial charge is 0.231 e. The molecule has 0 bridgehead atoms. The molecule has 0 aliphatic heterocycles. The quantitative estimate of drug-likeness (QED) is 0.145. The van der Waals surface area contributed by atoms with Gasteiger partial charge in [-0.2, -0.15) is 5.10 Å². The van der Waals surface area contributed by atoms with Gasteiger partial charge in [0, 0.05) is 44.3 Å². The first-order valence-corrected chi connectivity index (χ1v) is 22.7. The van der Waals surface area contributed by atoms with Crippen molar-refractivity contribution in [1.29, 1.82) is 0 Å². The summed E-state index contributed by atoms with van der Waals surface area (Å²) >= 11 is 0. The molecule has 0 atom stereocenters. The zero-order chi connectivity index (χ0) is 44.5. The lowest BCUT2D eigenvalue weighted by molar-refractivity contribution is 0.981. The Hall–Kier alpha value is -8.99. The first kappa shape index (κ1) is 39.6. The van der Waals surface area contributed by atoms with Crippen LogP contribution in [0.15, 0.2) is 255 Å². The standard InChI is InChI=1S/C63H42N4/c1-7-22-43(23-8-1)51-39-52(44-24-9-2-10-25-44)41-53(40-51)63-64-56(45-26-11-3-12-27-45)42-57(65-63)49-34-21-35-50(38-49)58-54-36-19-20-37-55(54)62-59(46-28-13-4-14-29-46)60(47-30-15-5-16-31-47)66-67(62)61(58)48-32-17-6-18-33-48/h1-42H. The molecule has 0 unspecified atom stereocenters. The molecule has 3 aromatic heterocycles. The van der Waals surface area contributed by atoms with Crippen LogP contribution in [0, 0.1) is 0 Å². The topological polar surface area (TPSA) is 43.1 Å². The molecule has 0 fully saturated rings. The Kier molecular flexibility index (Phi) is 10.2. The molecule has 0 aliphatic rings. The van der Waals surface area contributed by atoms with E-state index in [0.717, 1.165) is 111 Å². The van der Waals surface area contributed by atoms with Crippen molar-refractivity contribution in [2.75, 3.05) is 0 Å². The molecule has 314 valence electrons. The summed E-state index contributed by atoms with van der Waals surface area (Å²) in [4.78, 5) is 10.8. The summed E-state index contributed by atoms with van der Waals surface area (Å²) in [7, 11) is 0. The van der Waals surface area contributed by atoms with Gasteiger partial charge in [0.1, 0.15) is 5.69 Å². The van der Waals surface area contributed by atoms with Gasteiger partial charge in [0.2, 0.25) is 0 Å². The minimum atomic E-state index is 0.659. The lowest BCUT2D eigenvalue weighted by Gasteiger charge is -2.18. The van der Waals surface area contributed by atoms with Crippen molar-refractivity contribution in [3.63, 3.8) is 0 Å². The monoisotopic (exact) mass is 854 g/mol. The highest BCUT2D eigenvalue weighted by Crippen LogP contribution is 2.46. The summed E-state index contributed by atoms with van der Waals surface area (Å²) in [5.41, 5.74) is 18.7. The number of benzene rings is 9. The Morgan fingerprint density at radius 1 is 0.269 bits per heavy atom. The highest BCUT2D eigenvalue weighted by molar-refractivity contribution is 6.15. The summed E-state index contributed by atoms with van der Waals surface area (Å²) in [6, 6.07) is 89.8. The van der Waals surface area contributed by atoms with Gasteiger partial charge in [-0.3, -0.25) is 0 Å². The van der Waals surface area contributed by atoms with E-state index in [-0.39, 0.29) is 0 Å². The van der Waals surface area contributed by atoms with Crippen molar-refractivity contribution in [3.05, 3.63) is 255 Å². The molecule has 0 aliphatic carbocycles. The van der Waals surface area contributed by atoms with Crippen molar-refractivity contribution in [2.24, 2.45) is 0 Å². The van der Waals surface area contributed by atoms with Crippen LogP contribution in [0.25, 0.3) is 117 Å². The lowest BCUT2D eigenvalue weighted by Crippen LogP contribution is -2.00. The van der Waals surface area contributed by atoms with Crippen LogP contribution in [0.5, 0.6) is 0 Å². The summed E-state index contributed by atoms with van der Waals surface area (Å²) < 4.78 is 2.20. The Balaban J connectivity index is 1.11. The fourth-order valence-electron chi connectivity index (χ4n) is 9.47. The summed E-state index contributed by atoms with van der Waals surface area (Å²) in [5.74, 6) is 0.659. The van der Waals surface area contributed by atoms with E-state index in [1.54, 1.807) is 0 Å². The van der Waals surface area contributed by atoms with Crippen LogP contribution < -0.4 is 0 Å². The first-order valence-electron chi connectivity index (χ1n) is 22.7. The molecule has 67 heavy (non-hydrogen) atoms. The number of fused-ring (bicyclic) bond motifs is 3. The van der Waals surface area contributed by atoms with E-state index in [0.29, 0.717) is 5.82 Å². The molecular formula is C63H42N4. The third-order valence-corrected chi connectivity index (χ3v) is 12.6. The van der Waals surface area contributed by atoms with E-state index < -0.39 is 0 Å². The van der Waals surface area contributed by atoms with E-state index >= 15 is 0 Å². The van der Waals surface area contributed by atoms with E-state index in [2.05, 4.69) is 253 Å². The number of aromatic nitrogens is 4. The fourth-order valence-corrected chi connectivity index (χ4v) is 9.47. The third-order valence-electron chi connectivity index (χ3n) is 12.6. The average molecular weight is 855 g/mol. The fraction of sp³-hybridized carbons (Fsp3) is 0. The molecule has 0 amide bonds. The zero-order valence-electron chi connectivity index (χ0n) is 36.5. The van der Waals surface area contributed by atoms with Crippen molar-refractivity contribution in [1.82, 2.24) is 19.6 Å². The van der Waals surface area contributed by atoms with Gasteiger partial charge in [-0.1, -0.05) is 224 Å². The third kappa shape index (κ3) is 7.47. The zero-order valence-corrected chi connectivity index (χ0v) is 36.5. The molecular weight excluding hydrogens is 813 g/mol. The molecule has 12 rings (SSSR count). The smallest absolute Gasteiger partial charge is 0.160 e. The molecule has 3 heterocycles. The van der Waals surface area contributed by atoms with E-state index in [4.69, 9.17) is 15.1 Å². The average Bonchev–Trinajstić information content (AvgIpc) is 3.83. The van der Waals surface area contributed by atoms with Gasteiger partial charge in [-0.15, -0.1) is 0 Å². The van der Waals surface area contributed by atoms with Crippen LogP contribution >= 0.6 is 0 Å². The molecule has 4 nitrogen and oxygen atoms in total. The second-order valence-electron chi connectivity index (χ2n) is 16.8. The molecule has 12 aromatic rings. The van der Waals surface area contributed by atoms with Crippen LogP contribution in [0.4, 0.5) is 0 Å². The second kappa shape index (κ2) is 17.2. The summed E-state index contributed by atoms with van der Waals surface area (Å²) in [6.45, 7) is 0. The molecule has 0 spiro atoms. The van der Waals surface area contributed by atoms with Gasteiger partial charge in [-0.25, -0.2) is 14.5 Å². The molecule has 0 saturated carbocycles. The molecule has 0 N–H and O–H groups in total. The molecule has 0 saturated heterocycles. The van der Waals surface area contributed by atoms with Gasteiger partial charge in [0.15, 0.2) is 5.82 Å². The number of hydrogen-bond acceptors (Lipinski definition) is 3. The van der Waals surface area contributed by atoms with Gasteiger partial charge in [0.05, 0.1) is 22.6 Å². The first-order chi connectivity index (χ1) is 33.2. The maximum atomic E-state index is 5.60. The highest BCUT2D eigenvalue weighted by Gasteiger charge is 2.25. The number of rotatable bonds is 9. The van der Waals surface area contributed by atoms with Crippen molar-refractivity contribution in [3.8, 4) is 101 Å². The molecule has 0 radical (unpaired) electrons. The summed E-state index contributed by atoms with van der Waals surface area (Å²) in [5, 5.41) is 7.86. The molecule has 9 aromatic carbocycles. The van der Waals surface area contributed by atoms with E-state index in [1.807, 2.05) is 6.07 Å². The lowest BCUT2D eigenvalue weighted by atomic mass is 9.90. The van der Waals surface area contributed by atoms with E-state index in [9.17, 15) is 0 Å². The number of hydrogen-bond donors (Lipinski definition) is 0. The Labute approximate surface area is 389 Å². The number of nitrogens with zero attached hydrogens (tertiary/aromatic N) is 4. The van der Waals surface area contributed by atoms with Gasteiger partial charge < -0.3 is 0 Å². The van der Waals surface area contributed by atoms with Crippen LogP contribution in [-0.4, -0.2) is 19.6 Å². The molecule has 4 heteroatoms. The Bertz CT molecular complexity index is 3640. The van der Waals surface area contributed by atoms with Gasteiger partial charge in [0.25, 0.3) is 0 Å². The highest BCUT2D eigenvalue weighted by atomic mass is 15.2. The van der Waals surface area contributed by atoms with E-state index in [1.165, 1.54) is 0 Å².